The van der Waals surface area contributed by atoms with Crippen LogP contribution in [0.25, 0.3) is 5.65 Å². The van der Waals surface area contributed by atoms with E-state index >= 15 is 0 Å². The summed E-state index contributed by atoms with van der Waals surface area (Å²) < 4.78 is 12.5. The number of ether oxygens (including phenoxy) is 2. The Labute approximate surface area is 138 Å². The van der Waals surface area contributed by atoms with Crippen LogP contribution in [0.15, 0.2) is 42.6 Å². The van der Waals surface area contributed by atoms with Gasteiger partial charge < -0.3 is 14.8 Å². The summed E-state index contributed by atoms with van der Waals surface area (Å²) in [6.07, 6.45) is 3.74. The molecule has 1 N–H and O–H groups in total. The summed E-state index contributed by atoms with van der Waals surface area (Å²) in [4.78, 5) is 12.1. The summed E-state index contributed by atoms with van der Waals surface area (Å²) in [6, 6.07) is 11.1. The maximum atomic E-state index is 12.1. The van der Waals surface area contributed by atoms with Gasteiger partial charge in [0.25, 0.3) is 0 Å². The first-order valence-corrected chi connectivity index (χ1v) is 7.78. The molecule has 7 nitrogen and oxygen atoms in total. The SMILES string of the molecule is O=C(CCCc1nnc2ccccn12)Nc1ccc2c(c1)OCO2. The zero-order chi connectivity index (χ0) is 16.4. The molecular formula is C17H16N4O3. The van der Waals surface area contributed by atoms with Crippen LogP contribution in [-0.4, -0.2) is 27.3 Å². The number of anilines is 1. The topological polar surface area (TPSA) is 77.8 Å². The van der Waals surface area contributed by atoms with Gasteiger partial charge in [0.05, 0.1) is 0 Å². The van der Waals surface area contributed by atoms with Crippen LogP contribution in [0.3, 0.4) is 0 Å². The summed E-state index contributed by atoms with van der Waals surface area (Å²) in [6.45, 7) is 0.221. The van der Waals surface area contributed by atoms with Gasteiger partial charge in [0.2, 0.25) is 12.7 Å². The lowest BCUT2D eigenvalue weighted by Crippen LogP contribution is -2.11. The van der Waals surface area contributed by atoms with Crippen LogP contribution in [0.2, 0.25) is 0 Å². The number of nitrogens with zero attached hydrogens (tertiary/aromatic N) is 3. The molecule has 0 aliphatic carbocycles. The Morgan fingerprint density at radius 2 is 2.08 bits per heavy atom. The number of hydrogen-bond acceptors (Lipinski definition) is 5. The summed E-state index contributed by atoms with van der Waals surface area (Å²) >= 11 is 0. The van der Waals surface area contributed by atoms with E-state index in [1.165, 1.54) is 0 Å². The van der Waals surface area contributed by atoms with E-state index in [-0.39, 0.29) is 12.7 Å². The standard InChI is InChI=1S/C17H16N4O3/c22-17(18-12-7-8-13-14(10-12)24-11-23-13)6-3-5-16-20-19-15-4-1-2-9-21(15)16/h1-2,4,7-10H,3,5-6,11H2,(H,18,22). The molecule has 0 saturated carbocycles. The molecule has 0 fully saturated rings. The quantitative estimate of drug-likeness (QED) is 0.780. The lowest BCUT2D eigenvalue weighted by Gasteiger charge is -2.06. The van der Waals surface area contributed by atoms with Gasteiger partial charge in [-0.15, -0.1) is 10.2 Å². The van der Waals surface area contributed by atoms with Crippen LogP contribution in [0.4, 0.5) is 5.69 Å². The van der Waals surface area contributed by atoms with Crippen molar-refractivity contribution in [1.29, 1.82) is 0 Å². The number of amides is 1. The van der Waals surface area contributed by atoms with Crippen molar-refractivity contribution in [2.75, 3.05) is 12.1 Å². The minimum absolute atomic E-state index is 0.0392. The molecule has 1 aliphatic rings. The normalized spacial score (nSPS) is 12.5. The number of rotatable bonds is 5. The highest BCUT2D eigenvalue weighted by Gasteiger charge is 2.14. The van der Waals surface area contributed by atoms with E-state index in [4.69, 9.17) is 9.47 Å². The lowest BCUT2D eigenvalue weighted by atomic mass is 10.2. The first kappa shape index (κ1) is 14.5. The van der Waals surface area contributed by atoms with Crippen LogP contribution >= 0.6 is 0 Å². The lowest BCUT2D eigenvalue weighted by molar-refractivity contribution is -0.116. The largest absolute Gasteiger partial charge is 0.454 e. The van der Waals surface area contributed by atoms with Crippen molar-refractivity contribution in [2.24, 2.45) is 0 Å². The third-order valence-corrected chi connectivity index (χ3v) is 3.84. The number of fused-ring (bicyclic) bond motifs is 2. The van der Waals surface area contributed by atoms with Crippen molar-refractivity contribution in [1.82, 2.24) is 14.6 Å². The van der Waals surface area contributed by atoms with E-state index in [9.17, 15) is 4.79 Å². The van der Waals surface area contributed by atoms with E-state index < -0.39 is 0 Å². The zero-order valence-corrected chi connectivity index (χ0v) is 12.9. The van der Waals surface area contributed by atoms with Crippen molar-refractivity contribution in [3.63, 3.8) is 0 Å². The van der Waals surface area contributed by atoms with Crippen LogP contribution in [-0.2, 0) is 11.2 Å². The Kier molecular flexibility index (Phi) is 3.74. The summed E-state index contributed by atoms with van der Waals surface area (Å²) in [7, 11) is 0. The van der Waals surface area contributed by atoms with E-state index in [0.29, 0.717) is 36.4 Å². The Bertz CT molecular complexity index is 890. The van der Waals surface area contributed by atoms with Crippen molar-refractivity contribution in [2.45, 2.75) is 19.3 Å². The van der Waals surface area contributed by atoms with Gasteiger partial charge in [0.1, 0.15) is 5.82 Å². The molecule has 0 radical (unpaired) electrons. The first-order valence-electron chi connectivity index (χ1n) is 7.78. The van der Waals surface area contributed by atoms with E-state index in [0.717, 1.165) is 11.5 Å². The molecule has 7 heteroatoms. The number of pyridine rings is 1. The zero-order valence-electron chi connectivity index (χ0n) is 12.9. The first-order chi connectivity index (χ1) is 11.8. The second-order valence-electron chi connectivity index (χ2n) is 5.51. The van der Waals surface area contributed by atoms with Gasteiger partial charge in [-0.05, 0) is 30.7 Å². The molecule has 1 aromatic carbocycles. The molecule has 3 aromatic rings. The second kappa shape index (κ2) is 6.19. The molecule has 1 aliphatic heterocycles. The maximum absolute atomic E-state index is 12.1. The Hall–Kier alpha value is -3.09. The predicted octanol–water partition coefficient (Wildman–Crippen LogP) is 2.42. The highest BCUT2D eigenvalue weighted by Crippen LogP contribution is 2.34. The third-order valence-electron chi connectivity index (χ3n) is 3.84. The highest BCUT2D eigenvalue weighted by molar-refractivity contribution is 5.91. The van der Waals surface area contributed by atoms with Crippen LogP contribution < -0.4 is 14.8 Å². The number of benzene rings is 1. The molecule has 0 unspecified atom stereocenters. The molecule has 122 valence electrons. The van der Waals surface area contributed by atoms with Gasteiger partial charge in [-0.1, -0.05) is 6.07 Å². The molecule has 0 atom stereocenters. The number of carbonyl (C=O) groups is 1. The van der Waals surface area contributed by atoms with Gasteiger partial charge in [-0.3, -0.25) is 9.20 Å². The molecule has 2 aromatic heterocycles. The molecule has 4 rings (SSSR count). The molecule has 24 heavy (non-hydrogen) atoms. The minimum atomic E-state index is -0.0392. The van der Waals surface area contributed by atoms with Crippen molar-refractivity contribution in [3.05, 3.63) is 48.4 Å². The summed E-state index contributed by atoms with van der Waals surface area (Å²) in [5.74, 6) is 2.18. The molecular weight excluding hydrogens is 308 g/mol. The van der Waals surface area contributed by atoms with Gasteiger partial charge in [-0.2, -0.15) is 0 Å². The van der Waals surface area contributed by atoms with Gasteiger partial charge in [0, 0.05) is 30.8 Å². The molecule has 0 spiro atoms. The minimum Gasteiger partial charge on any atom is -0.454 e. The fourth-order valence-electron chi connectivity index (χ4n) is 2.67. The third kappa shape index (κ3) is 2.88. The van der Waals surface area contributed by atoms with Crippen molar-refractivity contribution >= 4 is 17.2 Å². The fourth-order valence-corrected chi connectivity index (χ4v) is 2.67. The number of carbonyl (C=O) groups excluding carboxylic acids is 1. The second-order valence-corrected chi connectivity index (χ2v) is 5.51. The highest BCUT2D eigenvalue weighted by atomic mass is 16.7. The Morgan fingerprint density at radius 1 is 1.17 bits per heavy atom. The predicted molar refractivity (Wildman–Crippen MR) is 87.1 cm³/mol. The smallest absolute Gasteiger partial charge is 0.231 e. The monoisotopic (exact) mass is 324 g/mol. The van der Waals surface area contributed by atoms with Crippen molar-refractivity contribution < 1.29 is 14.3 Å². The van der Waals surface area contributed by atoms with Crippen LogP contribution in [0.5, 0.6) is 11.5 Å². The summed E-state index contributed by atoms with van der Waals surface area (Å²) in [5.41, 5.74) is 1.52. The van der Waals surface area contributed by atoms with Gasteiger partial charge >= 0.3 is 0 Å². The Balaban J connectivity index is 1.32. The van der Waals surface area contributed by atoms with E-state index in [2.05, 4.69) is 15.5 Å². The van der Waals surface area contributed by atoms with Crippen molar-refractivity contribution in [3.8, 4) is 11.5 Å². The molecule has 0 bridgehead atoms. The van der Waals surface area contributed by atoms with E-state index in [1.807, 2.05) is 28.8 Å². The average Bonchev–Trinajstić information content (AvgIpc) is 3.21. The van der Waals surface area contributed by atoms with Crippen LogP contribution in [0, 0.1) is 0 Å². The molecule has 0 saturated heterocycles. The van der Waals surface area contributed by atoms with Gasteiger partial charge in [-0.25, -0.2) is 0 Å². The number of aryl methyl sites for hydroxylation is 1. The Morgan fingerprint density at radius 3 is 3.04 bits per heavy atom. The molecule has 3 heterocycles. The fraction of sp³-hybridized carbons (Fsp3) is 0.235. The van der Waals surface area contributed by atoms with E-state index in [1.54, 1.807) is 18.2 Å². The van der Waals surface area contributed by atoms with Gasteiger partial charge in [0.15, 0.2) is 17.1 Å². The number of hydrogen-bond donors (Lipinski definition) is 1. The molecule has 1 amide bonds. The summed E-state index contributed by atoms with van der Waals surface area (Å²) in [5, 5.41) is 11.1. The number of aromatic nitrogens is 3. The maximum Gasteiger partial charge on any atom is 0.231 e. The average molecular weight is 324 g/mol. The van der Waals surface area contributed by atoms with Crippen LogP contribution in [0.1, 0.15) is 18.7 Å². The number of nitrogens with one attached hydrogen (secondary N) is 1.